The molecule has 0 radical (unpaired) electrons. The Morgan fingerprint density at radius 2 is 1.64 bits per heavy atom. The smallest absolute Gasteiger partial charge is 0.481 e. The van der Waals surface area contributed by atoms with Gasteiger partial charge in [-0.25, -0.2) is 4.79 Å². The fraction of sp³-hybridized carbons (Fsp3) is 0.786. The molecule has 11 heteroatoms. The molecule has 1 aromatic rings. The largest absolute Gasteiger partial charge is 0.519 e. The van der Waals surface area contributed by atoms with Gasteiger partial charge >= 0.3 is 23.7 Å². The number of fused-ring (bicyclic) bond motifs is 7. The highest BCUT2D eigenvalue weighted by Gasteiger charge is 2.72. The number of ketones is 1. The van der Waals surface area contributed by atoms with Crippen LogP contribution in [-0.4, -0.2) is 59.4 Å². The summed E-state index contributed by atoms with van der Waals surface area (Å²) in [6.45, 7) is 17.7. The fourth-order valence-electron chi connectivity index (χ4n) is 13.2. The Balaban J connectivity index is 1.26. The number of aliphatic carboxylic acids is 1. The summed E-state index contributed by atoms with van der Waals surface area (Å²) in [5, 5.41) is 10.3. The van der Waals surface area contributed by atoms with Crippen LogP contribution in [0.5, 0.6) is 0 Å². The van der Waals surface area contributed by atoms with E-state index in [1.165, 1.54) is 0 Å². The van der Waals surface area contributed by atoms with Crippen LogP contribution in [0.15, 0.2) is 25.3 Å². The second-order valence-corrected chi connectivity index (χ2v) is 19.1. The summed E-state index contributed by atoms with van der Waals surface area (Å²) >= 11 is 0. The van der Waals surface area contributed by atoms with Crippen molar-refractivity contribution in [1.29, 1.82) is 0 Å². The summed E-state index contributed by atoms with van der Waals surface area (Å²) in [7, 11) is 0. The number of nitrogens with zero attached hydrogens (tertiary/aromatic N) is 1. The second kappa shape index (κ2) is 12.7. The molecule has 53 heavy (non-hydrogen) atoms. The molecule has 7 rings (SSSR count). The Hall–Kier alpha value is -3.21. The van der Waals surface area contributed by atoms with Gasteiger partial charge in [-0.2, -0.15) is 0 Å². The number of carboxylic acids is 1. The molecule has 5 fully saturated rings. The first-order chi connectivity index (χ1) is 24.8. The zero-order chi connectivity index (χ0) is 38.5. The molecular weight excluding hydrogens is 678 g/mol. The number of carbonyl (C=O) groups is 4. The van der Waals surface area contributed by atoms with Crippen LogP contribution in [0.25, 0.3) is 0 Å². The van der Waals surface area contributed by atoms with Gasteiger partial charge in [0, 0.05) is 18.5 Å². The van der Waals surface area contributed by atoms with Crippen molar-refractivity contribution < 1.29 is 42.6 Å². The van der Waals surface area contributed by atoms with Gasteiger partial charge in [0.2, 0.25) is 0 Å². The van der Waals surface area contributed by atoms with Crippen LogP contribution in [0.1, 0.15) is 124 Å². The van der Waals surface area contributed by atoms with E-state index in [2.05, 4.69) is 32.6 Å². The highest BCUT2D eigenvalue weighted by Crippen LogP contribution is 2.75. The molecule has 2 heterocycles. The topological polar surface area (TPSA) is 154 Å². The van der Waals surface area contributed by atoms with Gasteiger partial charge in [0.05, 0.1) is 23.4 Å². The molecule has 5 aliphatic carbocycles. The van der Waals surface area contributed by atoms with Crippen molar-refractivity contribution in [3.05, 3.63) is 33.8 Å². The molecule has 1 saturated heterocycles. The van der Waals surface area contributed by atoms with E-state index in [-0.39, 0.29) is 70.4 Å². The predicted octanol–water partition coefficient (Wildman–Crippen LogP) is 6.88. The van der Waals surface area contributed by atoms with Gasteiger partial charge in [-0.3, -0.25) is 24.1 Å². The van der Waals surface area contributed by atoms with Crippen molar-refractivity contribution in [1.82, 2.24) is 4.90 Å². The minimum Gasteiger partial charge on any atom is -0.481 e. The molecule has 0 amide bonds. The van der Waals surface area contributed by atoms with Crippen molar-refractivity contribution in [2.75, 3.05) is 19.7 Å². The molecule has 0 unspecified atom stereocenters. The Kier molecular flexibility index (Phi) is 9.10. The van der Waals surface area contributed by atoms with Crippen molar-refractivity contribution in [3.63, 3.8) is 0 Å². The first-order valence-corrected chi connectivity index (χ1v) is 19.9. The van der Waals surface area contributed by atoms with Crippen LogP contribution in [0.3, 0.4) is 0 Å². The minimum atomic E-state index is -1.04. The lowest BCUT2D eigenvalue weighted by atomic mass is 9.33. The Morgan fingerprint density at radius 3 is 2.30 bits per heavy atom. The number of rotatable bonds is 7. The van der Waals surface area contributed by atoms with Gasteiger partial charge in [-0.15, -0.1) is 0 Å². The van der Waals surface area contributed by atoms with Gasteiger partial charge in [0.15, 0.2) is 23.9 Å². The normalized spacial score (nSPS) is 43.8. The SMILES string of the molecule is CCOC(=O)[C@@H]1CCN([C@H]2CC[C@@]3(C)[C@@H](CC[C@]4(C)[C@@H]3C(=O)C=C3[C@@H]5C[C@@](C)(C(=O)O)CC[C@]5(C)CC[C@]34C)[C@]2(C)C(=O)OCc2oc(=O)oc2C)C1. The molecule has 1 N–H and O–H groups in total. The number of allylic oxidation sites excluding steroid dienone is 2. The van der Waals surface area contributed by atoms with E-state index >= 15 is 0 Å². The van der Waals surface area contributed by atoms with Crippen LogP contribution in [0.2, 0.25) is 0 Å². The Bertz CT molecular complexity index is 1790. The van der Waals surface area contributed by atoms with Gasteiger partial charge in [0.25, 0.3) is 0 Å². The minimum absolute atomic E-state index is 0.0216. The van der Waals surface area contributed by atoms with Crippen molar-refractivity contribution >= 4 is 23.7 Å². The van der Waals surface area contributed by atoms with Crippen LogP contribution in [-0.2, 0) is 35.3 Å². The number of hydrogen-bond donors (Lipinski definition) is 1. The van der Waals surface area contributed by atoms with Crippen molar-refractivity contribution in [2.45, 2.75) is 132 Å². The average Bonchev–Trinajstić information content (AvgIpc) is 3.71. The van der Waals surface area contributed by atoms with Crippen LogP contribution < -0.4 is 5.82 Å². The molecule has 292 valence electrons. The first-order valence-electron chi connectivity index (χ1n) is 19.9. The molecule has 0 aromatic carbocycles. The van der Waals surface area contributed by atoms with Crippen LogP contribution in [0.4, 0.5) is 0 Å². The number of ether oxygens (including phenoxy) is 2. The highest BCUT2D eigenvalue weighted by molar-refractivity contribution is 5.96. The summed E-state index contributed by atoms with van der Waals surface area (Å²) in [5.74, 6) is -2.49. The van der Waals surface area contributed by atoms with Crippen molar-refractivity contribution in [3.8, 4) is 0 Å². The fourth-order valence-corrected chi connectivity index (χ4v) is 13.2. The third-order valence-corrected chi connectivity index (χ3v) is 16.6. The molecule has 0 spiro atoms. The maximum absolute atomic E-state index is 15.0. The van der Waals surface area contributed by atoms with E-state index in [0.717, 1.165) is 37.7 Å². The molecule has 0 bridgehead atoms. The number of hydrogen-bond acceptors (Lipinski definition) is 10. The van der Waals surface area contributed by atoms with E-state index in [9.17, 15) is 29.1 Å². The van der Waals surface area contributed by atoms with E-state index in [1.807, 2.05) is 19.9 Å². The van der Waals surface area contributed by atoms with Gasteiger partial charge < -0.3 is 23.4 Å². The summed E-state index contributed by atoms with van der Waals surface area (Å²) in [5.41, 5.74) is -2.00. The van der Waals surface area contributed by atoms with Gasteiger partial charge in [-0.05, 0) is 138 Å². The quantitative estimate of drug-likeness (QED) is 0.291. The number of carboxylic acid groups (broad SMARTS) is 1. The molecule has 1 aromatic heterocycles. The Labute approximate surface area is 312 Å². The predicted molar refractivity (Wildman–Crippen MR) is 193 cm³/mol. The molecule has 11 nitrogen and oxygen atoms in total. The number of likely N-dealkylation sites (tertiary alicyclic amines) is 1. The maximum atomic E-state index is 15.0. The number of carbonyl (C=O) groups excluding carboxylic acids is 3. The van der Waals surface area contributed by atoms with E-state index in [0.29, 0.717) is 51.8 Å². The summed E-state index contributed by atoms with van der Waals surface area (Å²) < 4.78 is 21.7. The van der Waals surface area contributed by atoms with Crippen molar-refractivity contribution in [2.24, 2.45) is 56.2 Å². The number of esters is 2. The van der Waals surface area contributed by atoms with E-state index in [4.69, 9.17) is 18.3 Å². The first kappa shape index (κ1) is 38.1. The van der Waals surface area contributed by atoms with E-state index < -0.39 is 39.4 Å². The van der Waals surface area contributed by atoms with Gasteiger partial charge in [-0.1, -0.05) is 33.3 Å². The summed E-state index contributed by atoms with van der Waals surface area (Å²) in [6, 6.07) is -0.235. The third kappa shape index (κ3) is 5.47. The van der Waals surface area contributed by atoms with Crippen LogP contribution in [0, 0.1) is 63.1 Å². The number of aryl methyl sites for hydroxylation is 1. The summed E-state index contributed by atoms with van der Waals surface area (Å²) in [4.78, 5) is 69.2. The molecule has 6 aliphatic rings. The zero-order valence-corrected chi connectivity index (χ0v) is 32.9. The second-order valence-electron chi connectivity index (χ2n) is 19.1. The van der Waals surface area contributed by atoms with Crippen LogP contribution >= 0.6 is 0 Å². The maximum Gasteiger partial charge on any atom is 0.519 e. The molecule has 1 aliphatic heterocycles. The highest BCUT2D eigenvalue weighted by atomic mass is 16.6. The standard InChI is InChI=1S/C42H59NO10/c1-9-50-33(45)25-12-19-43(22-25)31-11-13-39(5)30(42(31,8)35(48)51-23-29-24(2)52-36(49)53-29)10-14-41(7)32(39)28(44)20-26-27-21-38(4,34(46)47)16-15-37(27,3)17-18-40(26,41)6/h20,25,27,30-32H,9-19,21-23H2,1-8H3,(H,46,47)/t25-,27+,30-,31+,32-,37-,38+,39+,40-,41-,42+/m1/s1. The zero-order valence-electron chi connectivity index (χ0n) is 32.9. The average molecular weight is 738 g/mol. The summed E-state index contributed by atoms with van der Waals surface area (Å²) in [6.07, 6.45) is 9.38. The lowest BCUT2D eigenvalue weighted by Crippen LogP contribution is -2.69. The monoisotopic (exact) mass is 737 g/mol. The third-order valence-electron chi connectivity index (χ3n) is 16.6. The van der Waals surface area contributed by atoms with Gasteiger partial charge in [0.1, 0.15) is 0 Å². The molecule has 11 atom stereocenters. The Morgan fingerprint density at radius 1 is 0.925 bits per heavy atom. The van der Waals surface area contributed by atoms with E-state index in [1.54, 1.807) is 13.8 Å². The lowest BCUT2D eigenvalue weighted by Gasteiger charge is -2.70. The lowest BCUT2D eigenvalue weighted by molar-refractivity contribution is -0.211. The molecular formula is C42H59NO10. The molecule has 4 saturated carbocycles.